The molecule has 0 fully saturated rings. The summed E-state index contributed by atoms with van der Waals surface area (Å²) in [6.07, 6.45) is -0.605. The maximum absolute atomic E-state index is 12.6. The molecule has 2 aliphatic rings. The van der Waals surface area contributed by atoms with Gasteiger partial charge in [-0.05, 0) is 43.7 Å². The van der Waals surface area contributed by atoms with Crippen LogP contribution in [-0.4, -0.2) is 61.7 Å². The molecule has 0 saturated carbocycles. The van der Waals surface area contributed by atoms with E-state index in [9.17, 15) is 19.2 Å². The third kappa shape index (κ3) is 4.51. The Morgan fingerprint density at radius 2 is 1.82 bits per heavy atom. The zero-order valence-electron chi connectivity index (χ0n) is 18.1. The monoisotopic (exact) mass is 454 g/mol. The van der Waals surface area contributed by atoms with Crippen molar-refractivity contribution >= 4 is 29.4 Å². The van der Waals surface area contributed by atoms with Crippen LogP contribution in [0.5, 0.6) is 11.5 Å². The van der Waals surface area contributed by atoms with Crippen LogP contribution in [0.3, 0.4) is 0 Å². The number of esters is 1. The predicted octanol–water partition coefficient (Wildman–Crippen LogP) is 2.23. The molecule has 2 aliphatic heterocycles. The molecule has 2 aromatic rings. The highest BCUT2D eigenvalue weighted by Crippen LogP contribution is 2.34. The maximum atomic E-state index is 12.6. The number of nitrogens with zero attached hydrogens (tertiary/aromatic N) is 1. The number of benzene rings is 2. The van der Waals surface area contributed by atoms with Gasteiger partial charge < -0.3 is 24.3 Å². The van der Waals surface area contributed by atoms with E-state index in [-0.39, 0.29) is 30.0 Å². The summed E-state index contributed by atoms with van der Waals surface area (Å²) in [6, 6.07) is 9.04. The molecule has 0 bridgehead atoms. The fourth-order valence-electron chi connectivity index (χ4n) is 3.49. The number of anilines is 1. The molecule has 10 heteroatoms. The Morgan fingerprint density at radius 3 is 2.61 bits per heavy atom. The van der Waals surface area contributed by atoms with E-state index in [4.69, 9.17) is 18.9 Å². The smallest absolute Gasteiger partial charge is 0.338 e. The first kappa shape index (κ1) is 22.3. The first-order chi connectivity index (χ1) is 15.9. The lowest BCUT2D eigenvalue weighted by molar-refractivity contribution is -0.123. The maximum Gasteiger partial charge on any atom is 0.338 e. The van der Waals surface area contributed by atoms with Crippen LogP contribution in [0.4, 0.5) is 5.69 Å². The number of carbonyl (C=O) groups excluding carboxylic acids is 4. The fourth-order valence-corrected chi connectivity index (χ4v) is 3.49. The summed E-state index contributed by atoms with van der Waals surface area (Å²) in [5, 5.41) is 2.65. The van der Waals surface area contributed by atoms with E-state index in [1.165, 1.54) is 32.2 Å². The van der Waals surface area contributed by atoms with Gasteiger partial charge in [-0.25, -0.2) is 4.79 Å². The zero-order valence-corrected chi connectivity index (χ0v) is 18.1. The summed E-state index contributed by atoms with van der Waals surface area (Å²) in [7, 11) is 1.54. The highest BCUT2D eigenvalue weighted by molar-refractivity contribution is 6.22. The SMILES string of the molecule is COCCCN1C(=O)c2ccc(C(=O)O[C@H](C)C(=O)Nc3ccc4c(c3)OCO4)cc2C1=O. The van der Waals surface area contributed by atoms with Crippen LogP contribution in [0.2, 0.25) is 0 Å². The van der Waals surface area contributed by atoms with Crippen molar-refractivity contribution in [2.24, 2.45) is 0 Å². The fraction of sp³-hybridized carbons (Fsp3) is 0.304. The summed E-state index contributed by atoms with van der Waals surface area (Å²) in [5.41, 5.74) is 0.880. The minimum atomic E-state index is -1.11. The molecule has 2 heterocycles. The molecule has 0 saturated heterocycles. The minimum Gasteiger partial charge on any atom is -0.454 e. The summed E-state index contributed by atoms with van der Waals surface area (Å²) >= 11 is 0. The summed E-state index contributed by atoms with van der Waals surface area (Å²) in [4.78, 5) is 51.3. The first-order valence-corrected chi connectivity index (χ1v) is 10.3. The van der Waals surface area contributed by atoms with Crippen molar-refractivity contribution in [3.63, 3.8) is 0 Å². The molecular formula is C23H22N2O8. The van der Waals surface area contributed by atoms with Crippen molar-refractivity contribution in [2.75, 3.05) is 32.4 Å². The lowest BCUT2D eigenvalue weighted by Crippen LogP contribution is -2.31. The normalized spacial score (nSPS) is 14.8. The summed E-state index contributed by atoms with van der Waals surface area (Å²) in [6.45, 7) is 2.18. The highest BCUT2D eigenvalue weighted by atomic mass is 16.7. The van der Waals surface area contributed by atoms with Gasteiger partial charge in [0.15, 0.2) is 17.6 Å². The molecule has 1 atom stereocenters. The van der Waals surface area contributed by atoms with Crippen molar-refractivity contribution in [1.82, 2.24) is 4.90 Å². The Kier molecular flexibility index (Phi) is 6.27. The van der Waals surface area contributed by atoms with Gasteiger partial charge in [-0.3, -0.25) is 19.3 Å². The molecule has 0 aromatic heterocycles. The van der Waals surface area contributed by atoms with Gasteiger partial charge in [0.2, 0.25) is 6.79 Å². The number of hydrogen-bond acceptors (Lipinski definition) is 8. The Labute approximate surface area is 189 Å². The van der Waals surface area contributed by atoms with Crippen molar-refractivity contribution in [3.8, 4) is 11.5 Å². The molecule has 0 aliphatic carbocycles. The lowest BCUT2D eigenvalue weighted by Gasteiger charge is -2.14. The number of hydrogen-bond donors (Lipinski definition) is 1. The van der Waals surface area contributed by atoms with Crippen LogP contribution in [0, 0.1) is 0 Å². The number of rotatable bonds is 8. The van der Waals surface area contributed by atoms with Crippen molar-refractivity contribution in [1.29, 1.82) is 0 Å². The second kappa shape index (κ2) is 9.29. The van der Waals surface area contributed by atoms with Crippen LogP contribution < -0.4 is 14.8 Å². The molecule has 172 valence electrons. The Balaban J connectivity index is 1.39. The van der Waals surface area contributed by atoms with Gasteiger partial charge >= 0.3 is 5.97 Å². The molecular weight excluding hydrogens is 432 g/mol. The van der Waals surface area contributed by atoms with Crippen molar-refractivity contribution in [2.45, 2.75) is 19.4 Å². The van der Waals surface area contributed by atoms with E-state index in [1.807, 2.05) is 0 Å². The third-order valence-corrected chi connectivity index (χ3v) is 5.23. The van der Waals surface area contributed by atoms with Gasteiger partial charge in [-0.2, -0.15) is 0 Å². The number of amides is 3. The second-order valence-electron chi connectivity index (χ2n) is 7.47. The minimum absolute atomic E-state index is 0.0661. The quantitative estimate of drug-likeness (QED) is 0.366. The van der Waals surface area contributed by atoms with E-state index in [0.29, 0.717) is 30.2 Å². The van der Waals surface area contributed by atoms with Gasteiger partial charge in [-0.1, -0.05) is 0 Å². The molecule has 0 radical (unpaired) electrons. The highest BCUT2D eigenvalue weighted by Gasteiger charge is 2.36. The average molecular weight is 454 g/mol. The Hall–Kier alpha value is -3.92. The van der Waals surface area contributed by atoms with Crippen LogP contribution in [0.1, 0.15) is 44.4 Å². The van der Waals surface area contributed by atoms with Crippen LogP contribution in [-0.2, 0) is 14.3 Å². The van der Waals surface area contributed by atoms with E-state index in [2.05, 4.69) is 5.32 Å². The van der Waals surface area contributed by atoms with Crippen molar-refractivity contribution < 1.29 is 38.1 Å². The van der Waals surface area contributed by atoms with Crippen LogP contribution in [0.25, 0.3) is 0 Å². The summed E-state index contributed by atoms with van der Waals surface area (Å²) in [5.74, 6) is -1.14. The van der Waals surface area contributed by atoms with E-state index in [0.717, 1.165) is 4.90 Å². The largest absolute Gasteiger partial charge is 0.454 e. The van der Waals surface area contributed by atoms with Gasteiger partial charge in [0, 0.05) is 32.0 Å². The Bertz CT molecular complexity index is 1130. The standard InChI is InChI=1S/C23H22N2O8/c1-13(20(26)24-15-5-7-18-19(11-15)32-12-31-18)33-23(29)14-4-6-16-17(10-14)22(28)25(21(16)27)8-3-9-30-2/h4-7,10-11,13H,3,8-9,12H2,1-2H3,(H,24,26)/t13-/m1/s1. The van der Waals surface area contributed by atoms with E-state index in [1.54, 1.807) is 18.2 Å². The number of carbonyl (C=O) groups is 4. The van der Waals surface area contributed by atoms with E-state index >= 15 is 0 Å². The molecule has 0 unspecified atom stereocenters. The second-order valence-corrected chi connectivity index (χ2v) is 7.47. The van der Waals surface area contributed by atoms with Gasteiger partial charge in [0.25, 0.3) is 17.7 Å². The topological polar surface area (TPSA) is 120 Å². The number of methoxy groups -OCH3 is 1. The molecule has 1 N–H and O–H groups in total. The molecule has 4 rings (SSSR count). The van der Waals surface area contributed by atoms with E-state index < -0.39 is 29.8 Å². The molecule has 2 aromatic carbocycles. The predicted molar refractivity (Wildman–Crippen MR) is 114 cm³/mol. The summed E-state index contributed by atoms with van der Waals surface area (Å²) < 4.78 is 20.7. The van der Waals surface area contributed by atoms with Gasteiger partial charge in [-0.15, -0.1) is 0 Å². The van der Waals surface area contributed by atoms with Gasteiger partial charge in [0.05, 0.1) is 16.7 Å². The Morgan fingerprint density at radius 1 is 1.06 bits per heavy atom. The lowest BCUT2D eigenvalue weighted by atomic mass is 10.1. The molecule has 0 spiro atoms. The molecule has 33 heavy (non-hydrogen) atoms. The van der Waals surface area contributed by atoms with Gasteiger partial charge in [0.1, 0.15) is 0 Å². The average Bonchev–Trinajstić information content (AvgIpc) is 3.36. The molecule has 3 amide bonds. The number of ether oxygens (including phenoxy) is 4. The zero-order chi connectivity index (χ0) is 23.5. The third-order valence-electron chi connectivity index (χ3n) is 5.23. The van der Waals surface area contributed by atoms with Crippen LogP contribution >= 0.6 is 0 Å². The first-order valence-electron chi connectivity index (χ1n) is 10.3. The number of nitrogens with one attached hydrogen (secondary N) is 1. The van der Waals surface area contributed by atoms with Crippen LogP contribution in [0.15, 0.2) is 36.4 Å². The molecule has 10 nitrogen and oxygen atoms in total. The van der Waals surface area contributed by atoms with Crippen molar-refractivity contribution in [3.05, 3.63) is 53.1 Å². The number of fused-ring (bicyclic) bond motifs is 2. The number of imide groups is 1.